The fourth-order valence-electron chi connectivity index (χ4n) is 1.92. The summed E-state index contributed by atoms with van der Waals surface area (Å²) in [6.45, 7) is 5.04. The molecule has 1 aliphatic rings. The number of carbonyl (C=O) groups excluding carboxylic acids is 2. The second-order valence-corrected chi connectivity index (χ2v) is 6.36. The zero-order valence-corrected chi connectivity index (χ0v) is 16.3. The van der Waals surface area contributed by atoms with Gasteiger partial charge < -0.3 is 22.1 Å². The summed E-state index contributed by atoms with van der Waals surface area (Å²) in [6, 6.07) is -1.90. The number of aliphatic carboxylic acids is 1. The Morgan fingerprint density at radius 1 is 1.50 bits per heavy atom. The van der Waals surface area contributed by atoms with Gasteiger partial charge in [0.25, 0.3) is 0 Å². The van der Waals surface area contributed by atoms with Crippen molar-refractivity contribution in [3.8, 4) is 0 Å². The number of amides is 1. The summed E-state index contributed by atoms with van der Waals surface area (Å²) in [7, 11) is -3.45. The van der Waals surface area contributed by atoms with Crippen molar-refractivity contribution in [3.05, 3.63) is 6.92 Å². The van der Waals surface area contributed by atoms with E-state index >= 15 is 0 Å². The van der Waals surface area contributed by atoms with Gasteiger partial charge in [0.15, 0.2) is 0 Å². The van der Waals surface area contributed by atoms with Gasteiger partial charge in [0.2, 0.25) is 15.9 Å². The average Bonchev–Trinajstić information content (AvgIpc) is 2.85. The Bertz CT molecular complexity index is 482. The maximum Gasteiger partial charge on any atom is 0.323 e. The van der Waals surface area contributed by atoms with Crippen LogP contribution in [0.1, 0.15) is 26.2 Å². The van der Waals surface area contributed by atoms with Gasteiger partial charge in [-0.15, -0.1) is 0 Å². The van der Waals surface area contributed by atoms with Crippen molar-refractivity contribution in [1.29, 1.82) is 0 Å². The van der Waals surface area contributed by atoms with Crippen LogP contribution in [-0.4, -0.2) is 60.9 Å². The van der Waals surface area contributed by atoms with Crippen LogP contribution in [-0.2, 0) is 57.1 Å². The van der Waals surface area contributed by atoms with E-state index in [4.69, 9.17) is 9.90 Å². The summed E-state index contributed by atoms with van der Waals surface area (Å²) in [5, 5.41) is 11.1. The van der Waals surface area contributed by atoms with Gasteiger partial charge in [-0.1, -0.05) is 0 Å². The Morgan fingerprint density at radius 3 is 2.36 bits per heavy atom. The number of rotatable bonds is 5. The third-order valence-corrected chi connectivity index (χ3v) is 4.12. The van der Waals surface area contributed by atoms with Gasteiger partial charge >= 0.3 is 5.97 Å². The van der Waals surface area contributed by atoms with Crippen LogP contribution in [0.2, 0.25) is 0 Å². The van der Waals surface area contributed by atoms with Gasteiger partial charge in [0.1, 0.15) is 6.04 Å². The molecule has 22 heavy (non-hydrogen) atoms. The standard InChI is InChI=1S/C10H17N2O5S.C2H3O.Y/c1-3-7(10(14)15)11-9(13)8-5-4-6-12(8)18(2,16)17;1-2-3;/h7-8H,1,3-6H2,2H3,(H,11,13)(H,14,15);1H3;/q2*-1;/t7-,8-;;/m0../s1. The van der Waals surface area contributed by atoms with Crippen LogP contribution in [0.15, 0.2) is 0 Å². The predicted molar refractivity (Wildman–Crippen MR) is 75.5 cm³/mol. The molecule has 1 aliphatic heterocycles. The molecular formula is C12H20N2O6SY-2. The number of hydrogen-bond acceptors (Lipinski definition) is 5. The van der Waals surface area contributed by atoms with E-state index in [9.17, 15) is 18.0 Å². The van der Waals surface area contributed by atoms with Crippen molar-refractivity contribution in [2.75, 3.05) is 12.8 Å². The van der Waals surface area contributed by atoms with E-state index in [1.165, 1.54) is 13.2 Å². The molecule has 2 N–H and O–H groups in total. The first-order chi connectivity index (χ1) is 9.68. The molecule has 0 aromatic carbocycles. The number of carboxylic acids is 1. The topological polar surface area (TPSA) is 121 Å². The Hall–Kier alpha value is -0.376. The van der Waals surface area contributed by atoms with Crippen LogP contribution < -0.4 is 5.32 Å². The molecule has 0 spiro atoms. The Kier molecular flexibility index (Phi) is 12.2. The molecule has 0 saturated carbocycles. The van der Waals surface area contributed by atoms with Crippen molar-refractivity contribution in [2.45, 2.75) is 38.3 Å². The minimum Gasteiger partial charge on any atom is -0.542 e. The zero-order chi connectivity index (χ0) is 16.6. The summed E-state index contributed by atoms with van der Waals surface area (Å²) < 4.78 is 24.0. The van der Waals surface area contributed by atoms with Crippen molar-refractivity contribution < 1.29 is 60.6 Å². The van der Waals surface area contributed by atoms with Crippen LogP contribution in [0.5, 0.6) is 0 Å². The largest absolute Gasteiger partial charge is 0.542 e. The first kappa shape index (κ1) is 23.9. The van der Waals surface area contributed by atoms with Gasteiger partial charge in [0, 0.05) is 39.3 Å². The van der Waals surface area contributed by atoms with E-state index in [2.05, 4.69) is 12.2 Å². The SMILES string of the molecule is C[C-]=O.[CH2-]C[C@H](NC(=O)[C@@H]1CCCN1S(C)(=O)=O)C(=O)O.[Y]. The van der Waals surface area contributed by atoms with Crippen molar-refractivity contribution in [1.82, 2.24) is 9.62 Å². The van der Waals surface area contributed by atoms with Crippen molar-refractivity contribution >= 4 is 28.2 Å². The monoisotopic (exact) mass is 409 g/mol. The van der Waals surface area contributed by atoms with E-state index < -0.39 is 34.0 Å². The van der Waals surface area contributed by atoms with E-state index in [1.807, 2.05) is 0 Å². The molecule has 1 fully saturated rings. The number of nitrogens with one attached hydrogen (secondary N) is 1. The minimum atomic E-state index is -3.45. The van der Waals surface area contributed by atoms with Gasteiger partial charge in [-0.2, -0.15) is 17.6 Å². The third kappa shape index (κ3) is 7.76. The fraction of sp³-hybridized carbons (Fsp3) is 0.667. The second kappa shape index (κ2) is 11.2. The van der Waals surface area contributed by atoms with Crippen molar-refractivity contribution in [3.63, 3.8) is 0 Å². The van der Waals surface area contributed by atoms with Crippen LogP contribution in [0.3, 0.4) is 0 Å². The Balaban J connectivity index is 0. The summed E-state index contributed by atoms with van der Waals surface area (Å²) >= 11 is 0. The molecule has 1 amide bonds. The van der Waals surface area contributed by atoms with Gasteiger partial charge in [0.05, 0.1) is 12.3 Å². The summed E-state index contributed by atoms with van der Waals surface area (Å²) in [6.07, 6.45) is 3.54. The molecular weight excluding hydrogens is 389 g/mol. The molecule has 1 radical (unpaired) electrons. The maximum atomic E-state index is 11.9. The predicted octanol–water partition coefficient (Wildman–Crippen LogP) is -0.683. The molecule has 10 heteroatoms. The molecule has 2 atom stereocenters. The zero-order valence-electron chi connectivity index (χ0n) is 12.6. The van der Waals surface area contributed by atoms with Crippen molar-refractivity contribution in [2.24, 2.45) is 0 Å². The van der Waals surface area contributed by atoms with E-state index in [0.717, 1.165) is 10.6 Å². The molecule has 0 aromatic heterocycles. The molecule has 8 nitrogen and oxygen atoms in total. The summed E-state index contributed by atoms with van der Waals surface area (Å²) in [4.78, 5) is 31.3. The van der Waals surface area contributed by atoms with E-state index in [-0.39, 0.29) is 39.1 Å². The quantitative estimate of drug-likeness (QED) is 0.581. The molecule has 0 bridgehead atoms. The number of nitrogens with zero attached hydrogens (tertiary/aromatic N) is 1. The third-order valence-electron chi connectivity index (χ3n) is 2.84. The Morgan fingerprint density at radius 2 is 2.00 bits per heavy atom. The van der Waals surface area contributed by atoms with E-state index in [0.29, 0.717) is 19.4 Å². The second-order valence-electron chi connectivity index (χ2n) is 4.42. The first-order valence-electron chi connectivity index (χ1n) is 6.27. The number of sulfonamides is 1. The van der Waals surface area contributed by atoms with Crippen LogP contribution in [0.4, 0.5) is 0 Å². The number of hydrogen-bond donors (Lipinski definition) is 2. The molecule has 1 heterocycles. The maximum absolute atomic E-state index is 11.9. The smallest absolute Gasteiger partial charge is 0.323 e. The van der Waals surface area contributed by atoms with Crippen LogP contribution in [0, 0.1) is 6.92 Å². The molecule has 0 unspecified atom stereocenters. The van der Waals surface area contributed by atoms with Crippen LogP contribution in [0.25, 0.3) is 0 Å². The molecule has 1 saturated heterocycles. The van der Waals surface area contributed by atoms with Gasteiger partial charge in [-0.05, 0) is 12.8 Å². The fourth-order valence-corrected chi connectivity index (χ4v) is 3.05. The first-order valence-corrected chi connectivity index (χ1v) is 8.12. The summed E-state index contributed by atoms with van der Waals surface area (Å²) in [5.74, 6) is -1.75. The average molecular weight is 409 g/mol. The van der Waals surface area contributed by atoms with Gasteiger partial charge in [-0.25, -0.2) is 8.42 Å². The van der Waals surface area contributed by atoms with Gasteiger partial charge in [-0.3, -0.25) is 15.9 Å². The minimum absolute atomic E-state index is 0. The number of carboxylic acid groups (broad SMARTS) is 1. The summed E-state index contributed by atoms with van der Waals surface area (Å²) in [5.41, 5.74) is 0. The van der Waals surface area contributed by atoms with Crippen LogP contribution >= 0.6 is 0 Å². The molecule has 125 valence electrons. The number of carbonyl (C=O) groups is 2. The normalized spacial score (nSPS) is 19.1. The Labute approximate surface area is 155 Å². The molecule has 1 rings (SSSR count). The molecule has 0 aliphatic carbocycles. The van der Waals surface area contributed by atoms with E-state index in [1.54, 1.807) is 0 Å². The molecule has 0 aromatic rings.